The normalized spacial score (nSPS) is 16.5. The van der Waals surface area contributed by atoms with Gasteiger partial charge in [0, 0.05) is 36.5 Å². The van der Waals surface area contributed by atoms with Crippen molar-refractivity contribution in [1.82, 2.24) is 15.2 Å². The van der Waals surface area contributed by atoms with E-state index in [1.54, 1.807) is 19.2 Å². The number of aromatic nitrogens is 1. The number of carbonyl (C=O) groups is 2. The van der Waals surface area contributed by atoms with Crippen molar-refractivity contribution in [2.75, 3.05) is 13.7 Å². The molecule has 2 amide bonds. The highest BCUT2D eigenvalue weighted by atomic mass is 16.5. The molecule has 0 radical (unpaired) electrons. The summed E-state index contributed by atoms with van der Waals surface area (Å²) in [6.45, 7) is 3.21. The van der Waals surface area contributed by atoms with E-state index in [0.717, 1.165) is 43.5 Å². The first-order valence-electron chi connectivity index (χ1n) is 9.81. The maximum atomic E-state index is 13.0. The molecule has 148 valence electrons. The smallest absolute Gasteiger partial charge is 0.270 e. The van der Waals surface area contributed by atoms with Crippen LogP contribution in [0.5, 0.6) is 5.75 Å². The fourth-order valence-electron chi connectivity index (χ4n) is 3.66. The third-order valence-corrected chi connectivity index (χ3v) is 5.23. The van der Waals surface area contributed by atoms with Gasteiger partial charge >= 0.3 is 0 Å². The van der Waals surface area contributed by atoms with Crippen molar-refractivity contribution in [2.24, 2.45) is 0 Å². The first-order valence-corrected chi connectivity index (χ1v) is 9.81. The summed E-state index contributed by atoms with van der Waals surface area (Å²) in [5.41, 5.74) is 1.63. The molecule has 1 N–H and O–H groups in total. The Morgan fingerprint density at radius 1 is 1.25 bits per heavy atom. The number of carbonyl (C=O) groups excluding carboxylic acids is 2. The number of piperidine rings is 1. The Morgan fingerprint density at radius 3 is 2.86 bits per heavy atom. The Bertz CT molecular complexity index is 837. The van der Waals surface area contributed by atoms with Gasteiger partial charge in [-0.2, -0.15) is 0 Å². The number of nitrogens with one attached hydrogen (secondary N) is 1. The van der Waals surface area contributed by atoms with Gasteiger partial charge in [0.2, 0.25) is 0 Å². The van der Waals surface area contributed by atoms with Crippen LogP contribution in [0.3, 0.4) is 0 Å². The van der Waals surface area contributed by atoms with Crippen LogP contribution in [-0.4, -0.2) is 41.4 Å². The standard InChI is InChI=1S/C22H27N3O3/c1-3-18-9-6-7-13-25(18)22(27)16-11-12-23-19(14-16)21(26)24-15-17-8-4-5-10-20(17)28-2/h4-5,8,10-12,14,18H,3,6-7,9,13,15H2,1-2H3,(H,24,26). The summed E-state index contributed by atoms with van der Waals surface area (Å²) in [6, 6.07) is 11.1. The Labute approximate surface area is 165 Å². The molecule has 1 aromatic carbocycles. The fourth-order valence-corrected chi connectivity index (χ4v) is 3.66. The summed E-state index contributed by atoms with van der Waals surface area (Å²) in [5.74, 6) is 0.384. The molecule has 6 nitrogen and oxygen atoms in total. The average molecular weight is 381 g/mol. The lowest BCUT2D eigenvalue weighted by molar-refractivity contribution is 0.0608. The molecule has 1 aliphatic heterocycles. The van der Waals surface area contributed by atoms with Gasteiger partial charge in [0.25, 0.3) is 11.8 Å². The fraction of sp³-hybridized carbons (Fsp3) is 0.409. The topological polar surface area (TPSA) is 71.5 Å². The lowest BCUT2D eigenvalue weighted by atomic mass is 9.99. The van der Waals surface area contributed by atoms with Crippen molar-refractivity contribution >= 4 is 11.8 Å². The van der Waals surface area contributed by atoms with Crippen LogP contribution in [-0.2, 0) is 6.54 Å². The van der Waals surface area contributed by atoms with Crippen LogP contribution >= 0.6 is 0 Å². The van der Waals surface area contributed by atoms with E-state index in [1.165, 1.54) is 6.20 Å². The summed E-state index contributed by atoms with van der Waals surface area (Å²) in [7, 11) is 1.60. The number of hydrogen-bond donors (Lipinski definition) is 1. The maximum absolute atomic E-state index is 13.0. The summed E-state index contributed by atoms with van der Waals surface area (Å²) >= 11 is 0. The van der Waals surface area contributed by atoms with Gasteiger partial charge in [-0.25, -0.2) is 0 Å². The zero-order valence-electron chi connectivity index (χ0n) is 16.5. The van der Waals surface area contributed by atoms with Crippen molar-refractivity contribution in [3.05, 3.63) is 59.4 Å². The predicted octanol–water partition coefficient (Wildman–Crippen LogP) is 3.42. The first kappa shape index (κ1) is 19.9. The number of nitrogens with zero attached hydrogens (tertiary/aromatic N) is 2. The molecule has 0 saturated carbocycles. The average Bonchev–Trinajstić information content (AvgIpc) is 2.77. The van der Waals surface area contributed by atoms with Crippen LogP contribution in [0.25, 0.3) is 0 Å². The van der Waals surface area contributed by atoms with Gasteiger partial charge in [-0.1, -0.05) is 25.1 Å². The molecule has 6 heteroatoms. The van der Waals surface area contributed by atoms with Crippen LogP contribution in [0, 0.1) is 0 Å². The third kappa shape index (κ3) is 4.50. The molecule has 3 rings (SSSR count). The molecule has 2 heterocycles. The molecule has 0 spiro atoms. The highest BCUT2D eigenvalue weighted by molar-refractivity contribution is 5.98. The van der Waals surface area contributed by atoms with E-state index in [-0.39, 0.29) is 23.6 Å². The lowest BCUT2D eigenvalue weighted by Gasteiger charge is -2.35. The molecule has 0 bridgehead atoms. The number of para-hydroxylation sites is 1. The minimum absolute atomic E-state index is 0.0206. The molecule has 1 atom stereocenters. The molecular formula is C22H27N3O3. The third-order valence-electron chi connectivity index (χ3n) is 5.23. The summed E-state index contributed by atoms with van der Waals surface area (Å²) in [5, 5.41) is 2.85. The Morgan fingerprint density at radius 2 is 2.07 bits per heavy atom. The van der Waals surface area contributed by atoms with E-state index >= 15 is 0 Å². The molecular weight excluding hydrogens is 354 g/mol. The predicted molar refractivity (Wildman–Crippen MR) is 107 cm³/mol. The second-order valence-electron chi connectivity index (χ2n) is 6.98. The molecule has 0 aliphatic carbocycles. The Hall–Kier alpha value is -2.89. The van der Waals surface area contributed by atoms with Gasteiger partial charge in [0.1, 0.15) is 11.4 Å². The Balaban J connectivity index is 1.70. The zero-order valence-corrected chi connectivity index (χ0v) is 16.5. The SMILES string of the molecule is CCC1CCCCN1C(=O)c1ccnc(C(=O)NCc2ccccc2OC)c1. The van der Waals surface area contributed by atoms with Gasteiger partial charge in [-0.15, -0.1) is 0 Å². The van der Waals surface area contributed by atoms with Crippen LogP contribution in [0.4, 0.5) is 0 Å². The van der Waals surface area contributed by atoms with E-state index in [4.69, 9.17) is 4.74 Å². The van der Waals surface area contributed by atoms with E-state index in [1.807, 2.05) is 29.2 Å². The van der Waals surface area contributed by atoms with Crippen molar-refractivity contribution < 1.29 is 14.3 Å². The lowest BCUT2D eigenvalue weighted by Crippen LogP contribution is -2.43. The number of pyridine rings is 1. The number of hydrogen-bond acceptors (Lipinski definition) is 4. The van der Waals surface area contributed by atoms with Crippen molar-refractivity contribution in [3.8, 4) is 5.75 Å². The van der Waals surface area contributed by atoms with Crippen LogP contribution in [0.2, 0.25) is 0 Å². The van der Waals surface area contributed by atoms with Gasteiger partial charge in [-0.05, 0) is 43.9 Å². The molecule has 1 unspecified atom stereocenters. The summed E-state index contributed by atoms with van der Waals surface area (Å²) in [4.78, 5) is 31.6. The van der Waals surface area contributed by atoms with E-state index in [9.17, 15) is 9.59 Å². The number of likely N-dealkylation sites (tertiary alicyclic amines) is 1. The van der Waals surface area contributed by atoms with E-state index < -0.39 is 0 Å². The number of ether oxygens (including phenoxy) is 1. The molecule has 1 aromatic heterocycles. The van der Waals surface area contributed by atoms with Crippen molar-refractivity contribution in [1.29, 1.82) is 0 Å². The maximum Gasteiger partial charge on any atom is 0.270 e. The zero-order chi connectivity index (χ0) is 19.9. The van der Waals surface area contributed by atoms with Crippen LogP contribution < -0.4 is 10.1 Å². The number of benzene rings is 1. The van der Waals surface area contributed by atoms with Gasteiger partial charge < -0.3 is 15.0 Å². The van der Waals surface area contributed by atoms with Gasteiger partial charge in [0.05, 0.1) is 7.11 Å². The number of amides is 2. The molecule has 2 aromatic rings. The van der Waals surface area contributed by atoms with Crippen LogP contribution in [0.15, 0.2) is 42.6 Å². The number of methoxy groups -OCH3 is 1. The quantitative estimate of drug-likeness (QED) is 0.832. The summed E-state index contributed by atoms with van der Waals surface area (Å²) < 4.78 is 5.30. The van der Waals surface area contributed by atoms with Gasteiger partial charge in [0.15, 0.2) is 0 Å². The van der Waals surface area contributed by atoms with Gasteiger partial charge in [-0.3, -0.25) is 14.6 Å². The van der Waals surface area contributed by atoms with Crippen molar-refractivity contribution in [3.63, 3.8) is 0 Å². The highest BCUT2D eigenvalue weighted by Crippen LogP contribution is 2.22. The van der Waals surface area contributed by atoms with E-state index in [2.05, 4.69) is 17.2 Å². The first-order chi connectivity index (χ1) is 13.6. The molecule has 1 fully saturated rings. The molecule has 28 heavy (non-hydrogen) atoms. The second-order valence-corrected chi connectivity index (χ2v) is 6.98. The second kappa shape index (κ2) is 9.35. The molecule has 1 aliphatic rings. The number of rotatable bonds is 6. The van der Waals surface area contributed by atoms with Crippen LogP contribution in [0.1, 0.15) is 59.0 Å². The minimum atomic E-state index is -0.314. The molecule has 1 saturated heterocycles. The largest absolute Gasteiger partial charge is 0.496 e. The minimum Gasteiger partial charge on any atom is -0.496 e. The Kier molecular flexibility index (Phi) is 6.63. The monoisotopic (exact) mass is 381 g/mol. The van der Waals surface area contributed by atoms with E-state index in [0.29, 0.717) is 12.1 Å². The van der Waals surface area contributed by atoms with Crippen molar-refractivity contribution in [2.45, 2.75) is 45.2 Å². The summed E-state index contributed by atoms with van der Waals surface area (Å²) in [6.07, 6.45) is 5.70. The highest BCUT2D eigenvalue weighted by Gasteiger charge is 2.26.